The normalized spacial score (nSPS) is 13.8. The van der Waals surface area contributed by atoms with Gasteiger partial charge in [0.2, 0.25) is 0 Å². The van der Waals surface area contributed by atoms with Crippen molar-refractivity contribution in [3.63, 3.8) is 0 Å². The Labute approximate surface area is 173 Å². The monoisotopic (exact) mass is 398 g/mol. The fourth-order valence-corrected chi connectivity index (χ4v) is 4.01. The number of aliphatic carboxylic acids is 2. The van der Waals surface area contributed by atoms with E-state index in [1.54, 1.807) is 0 Å². The van der Waals surface area contributed by atoms with Crippen LogP contribution in [0.4, 0.5) is 0 Å². The fraction of sp³-hybridized carbons (Fsp3) is 0.917. The van der Waals surface area contributed by atoms with E-state index in [9.17, 15) is 14.7 Å². The number of rotatable bonds is 19. The zero-order valence-corrected chi connectivity index (χ0v) is 19.0. The molecule has 166 valence electrons. The summed E-state index contributed by atoms with van der Waals surface area (Å²) in [6.45, 7) is 8.93. The van der Waals surface area contributed by atoms with Gasteiger partial charge in [0, 0.05) is 6.42 Å². The summed E-state index contributed by atoms with van der Waals surface area (Å²) in [6.07, 6.45) is 13.7. The number of unbranched alkanes of at least 4 members (excludes halogenated alkanes) is 6. The van der Waals surface area contributed by atoms with E-state index in [0.29, 0.717) is 31.6 Å². The largest absolute Gasteiger partial charge is 0.481 e. The molecule has 4 heteroatoms. The molecule has 0 aliphatic carbocycles. The van der Waals surface area contributed by atoms with Crippen molar-refractivity contribution in [2.24, 2.45) is 17.3 Å². The molecule has 0 spiro atoms. The third-order valence-electron chi connectivity index (χ3n) is 5.87. The van der Waals surface area contributed by atoms with Gasteiger partial charge in [-0.05, 0) is 37.5 Å². The van der Waals surface area contributed by atoms with Crippen molar-refractivity contribution in [1.82, 2.24) is 0 Å². The van der Waals surface area contributed by atoms with Crippen LogP contribution in [0.25, 0.3) is 0 Å². The highest BCUT2D eigenvalue weighted by Gasteiger charge is 2.36. The summed E-state index contributed by atoms with van der Waals surface area (Å²) >= 11 is 0. The maximum atomic E-state index is 12.2. The second-order valence-corrected chi connectivity index (χ2v) is 9.53. The van der Waals surface area contributed by atoms with Gasteiger partial charge in [-0.15, -0.1) is 0 Å². The first-order valence-electron chi connectivity index (χ1n) is 11.6. The van der Waals surface area contributed by atoms with Crippen LogP contribution in [-0.2, 0) is 9.59 Å². The number of carboxylic acid groups (broad SMARTS) is 2. The van der Waals surface area contributed by atoms with Crippen LogP contribution in [0, 0.1) is 17.3 Å². The molecule has 4 nitrogen and oxygen atoms in total. The summed E-state index contributed by atoms with van der Waals surface area (Å²) in [5.41, 5.74) is -0.731. The molecule has 0 aromatic carbocycles. The van der Waals surface area contributed by atoms with Gasteiger partial charge >= 0.3 is 11.9 Å². The zero-order valence-electron chi connectivity index (χ0n) is 19.0. The molecule has 0 aliphatic rings. The molecule has 0 amide bonds. The highest BCUT2D eigenvalue weighted by molar-refractivity contribution is 5.74. The van der Waals surface area contributed by atoms with E-state index >= 15 is 0 Å². The van der Waals surface area contributed by atoms with Gasteiger partial charge in [-0.1, -0.05) is 91.9 Å². The van der Waals surface area contributed by atoms with E-state index in [2.05, 4.69) is 27.7 Å². The van der Waals surface area contributed by atoms with E-state index in [1.807, 2.05) is 0 Å². The maximum Gasteiger partial charge on any atom is 0.309 e. The number of hydrogen-bond acceptors (Lipinski definition) is 2. The molecule has 0 saturated carbocycles. The van der Waals surface area contributed by atoms with Crippen LogP contribution in [0.3, 0.4) is 0 Å². The van der Waals surface area contributed by atoms with Crippen molar-refractivity contribution in [3.05, 3.63) is 0 Å². The molecule has 0 heterocycles. The summed E-state index contributed by atoms with van der Waals surface area (Å²) in [5.74, 6) is -0.108. The van der Waals surface area contributed by atoms with Gasteiger partial charge in [-0.25, -0.2) is 0 Å². The topological polar surface area (TPSA) is 74.6 Å². The van der Waals surface area contributed by atoms with E-state index in [4.69, 9.17) is 5.11 Å². The van der Waals surface area contributed by atoms with Gasteiger partial charge in [0.25, 0.3) is 0 Å². The minimum Gasteiger partial charge on any atom is -0.481 e. The molecule has 1 unspecified atom stereocenters. The van der Waals surface area contributed by atoms with Gasteiger partial charge in [0.15, 0.2) is 0 Å². The Morgan fingerprint density at radius 1 is 0.643 bits per heavy atom. The molecular weight excluding hydrogens is 352 g/mol. The maximum absolute atomic E-state index is 12.2. The standard InChI is InChI=1S/C24H46O4/c1-20(2)14-9-6-5-7-11-17-24(23(27)28,19-13-16-22(25)26)18-12-8-10-15-21(3)4/h20-21H,5-19H2,1-4H3,(H,25,26)(H,27,28). The third-order valence-corrected chi connectivity index (χ3v) is 5.87. The highest BCUT2D eigenvalue weighted by atomic mass is 16.4. The Balaban J connectivity index is 4.52. The second kappa shape index (κ2) is 15.8. The molecule has 2 N–H and O–H groups in total. The van der Waals surface area contributed by atoms with E-state index in [0.717, 1.165) is 38.0 Å². The lowest BCUT2D eigenvalue weighted by atomic mass is 9.74. The second-order valence-electron chi connectivity index (χ2n) is 9.53. The number of hydrogen-bond donors (Lipinski definition) is 2. The average Bonchev–Trinajstić information content (AvgIpc) is 2.58. The van der Waals surface area contributed by atoms with Crippen LogP contribution in [-0.4, -0.2) is 22.2 Å². The van der Waals surface area contributed by atoms with Gasteiger partial charge in [0.05, 0.1) is 5.41 Å². The lowest BCUT2D eigenvalue weighted by molar-refractivity contribution is -0.151. The quantitative estimate of drug-likeness (QED) is 0.224. The third kappa shape index (κ3) is 14.0. The smallest absolute Gasteiger partial charge is 0.309 e. The van der Waals surface area contributed by atoms with Crippen molar-refractivity contribution in [2.75, 3.05) is 0 Å². The Morgan fingerprint density at radius 2 is 1.04 bits per heavy atom. The predicted molar refractivity (Wildman–Crippen MR) is 117 cm³/mol. The molecule has 0 bridgehead atoms. The van der Waals surface area contributed by atoms with Crippen LogP contribution < -0.4 is 0 Å². The fourth-order valence-electron chi connectivity index (χ4n) is 4.01. The first-order valence-corrected chi connectivity index (χ1v) is 11.6. The van der Waals surface area contributed by atoms with Crippen molar-refractivity contribution in [3.8, 4) is 0 Å². The summed E-state index contributed by atoms with van der Waals surface area (Å²) in [6, 6.07) is 0. The summed E-state index contributed by atoms with van der Waals surface area (Å²) in [5, 5.41) is 18.9. The summed E-state index contributed by atoms with van der Waals surface area (Å²) in [7, 11) is 0. The van der Waals surface area contributed by atoms with Gasteiger partial charge in [-0.2, -0.15) is 0 Å². The van der Waals surface area contributed by atoms with Crippen molar-refractivity contribution in [1.29, 1.82) is 0 Å². The molecule has 0 radical (unpaired) electrons. The van der Waals surface area contributed by atoms with Gasteiger partial charge in [-0.3, -0.25) is 9.59 Å². The first kappa shape index (κ1) is 26.9. The molecule has 0 aliphatic heterocycles. The Morgan fingerprint density at radius 3 is 1.46 bits per heavy atom. The summed E-state index contributed by atoms with van der Waals surface area (Å²) in [4.78, 5) is 23.0. The van der Waals surface area contributed by atoms with Crippen LogP contribution in [0.2, 0.25) is 0 Å². The lowest BCUT2D eigenvalue weighted by Crippen LogP contribution is -2.31. The molecule has 1 atom stereocenters. The molecule has 0 aromatic heterocycles. The molecule has 28 heavy (non-hydrogen) atoms. The predicted octanol–water partition coefficient (Wildman–Crippen LogP) is 7.31. The zero-order chi connectivity index (χ0) is 21.4. The van der Waals surface area contributed by atoms with Crippen LogP contribution in [0.5, 0.6) is 0 Å². The summed E-state index contributed by atoms with van der Waals surface area (Å²) < 4.78 is 0. The molecule has 0 aromatic rings. The molecular formula is C24H46O4. The molecule has 0 rings (SSSR count). The minimum absolute atomic E-state index is 0.0670. The average molecular weight is 399 g/mol. The Kier molecular flexibility index (Phi) is 15.2. The first-order chi connectivity index (χ1) is 13.2. The minimum atomic E-state index is -0.832. The van der Waals surface area contributed by atoms with Gasteiger partial charge in [0.1, 0.15) is 0 Å². The van der Waals surface area contributed by atoms with Crippen molar-refractivity contribution < 1.29 is 19.8 Å². The van der Waals surface area contributed by atoms with Crippen LogP contribution >= 0.6 is 0 Å². The van der Waals surface area contributed by atoms with Crippen LogP contribution in [0.15, 0.2) is 0 Å². The van der Waals surface area contributed by atoms with E-state index < -0.39 is 17.4 Å². The lowest BCUT2D eigenvalue weighted by Gasteiger charge is -2.30. The Hall–Kier alpha value is -1.06. The van der Waals surface area contributed by atoms with E-state index in [1.165, 1.54) is 32.1 Å². The SMILES string of the molecule is CC(C)CCCCCCCC(CCCCCC(C)C)(CCCC(=O)O)C(=O)O. The molecule has 0 fully saturated rings. The number of carbonyl (C=O) groups is 2. The highest BCUT2D eigenvalue weighted by Crippen LogP contribution is 2.37. The Bertz CT molecular complexity index is 417. The van der Waals surface area contributed by atoms with Crippen LogP contribution in [0.1, 0.15) is 124 Å². The van der Waals surface area contributed by atoms with Gasteiger partial charge < -0.3 is 10.2 Å². The van der Waals surface area contributed by atoms with Crippen molar-refractivity contribution >= 4 is 11.9 Å². The number of carboxylic acids is 2. The van der Waals surface area contributed by atoms with E-state index in [-0.39, 0.29) is 6.42 Å². The van der Waals surface area contributed by atoms with Crippen molar-refractivity contribution in [2.45, 2.75) is 124 Å². The molecule has 0 saturated heterocycles.